The van der Waals surface area contributed by atoms with E-state index in [1.165, 1.54) is 83.5 Å². The number of hydrogen-bond donors (Lipinski definition) is 1. The van der Waals surface area contributed by atoms with Crippen LogP contribution in [0.15, 0.2) is 97.2 Å². The summed E-state index contributed by atoms with van der Waals surface area (Å²) in [4.78, 5) is 37.3. The van der Waals surface area contributed by atoms with Crippen LogP contribution in [0.3, 0.4) is 0 Å². The van der Waals surface area contributed by atoms with Crippen molar-refractivity contribution in [2.75, 3.05) is 47.5 Å². The predicted octanol–water partition coefficient (Wildman–Crippen LogP) is 17.0. The molecule has 0 spiro atoms. The molecule has 0 aliphatic carbocycles. The lowest BCUT2D eigenvalue weighted by molar-refractivity contribution is -0.870. The third kappa shape index (κ3) is 54.0. The molecule has 0 radical (unpaired) electrons. The van der Waals surface area contributed by atoms with Gasteiger partial charge in [-0.25, -0.2) is 4.79 Å². The van der Waals surface area contributed by atoms with Crippen LogP contribution in [0, 0.1) is 0 Å². The van der Waals surface area contributed by atoms with Gasteiger partial charge in [0.05, 0.1) is 34.4 Å². The van der Waals surface area contributed by atoms with Gasteiger partial charge in [0.25, 0.3) is 6.29 Å². The fourth-order valence-corrected chi connectivity index (χ4v) is 7.63. The van der Waals surface area contributed by atoms with Gasteiger partial charge in [0.2, 0.25) is 0 Å². The number of quaternary nitrogens is 1. The van der Waals surface area contributed by atoms with Gasteiger partial charge < -0.3 is 28.5 Å². The van der Waals surface area contributed by atoms with Gasteiger partial charge in [0.15, 0.2) is 6.10 Å². The first-order valence-corrected chi connectivity index (χ1v) is 28.9. The van der Waals surface area contributed by atoms with Crippen LogP contribution in [-0.2, 0) is 33.3 Å². The molecule has 0 saturated heterocycles. The van der Waals surface area contributed by atoms with Gasteiger partial charge in [0.1, 0.15) is 13.2 Å². The van der Waals surface area contributed by atoms with E-state index in [1.54, 1.807) is 0 Å². The van der Waals surface area contributed by atoms with Crippen LogP contribution in [0.5, 0.6) is 0 Å². The van der Waals surface area contributed by atoms with Gasteiger partial charge in [0, 0.05) is 12.8 Å². The van der Waals surface area contributed by atoms with Gasteiger partial charge in [-0.15, -0.1) is 0 Å². The summed E-state index contributed by atoms with van der Waals surface area (Å²) >= 11 is 0. The van der Waals surface area contributed by atoms with Gasteiger partial charge in [-0.2, -0.15) is 0 Å². The van der Waals surface area contributed by atoms with Crippen LogP contribution in [0.2, 0.25) is 0 Å². The van der Waals surface area contributed by atoms with Crippen molar-refractivity contribution in [3.05, 3.63) is 97.2 Å². The van der Waals surface area contributed by atoms with Gasteiger partial charge in [-0.3, -0.25) is 9.59 Å². The quantitative estimate of drug-likeness (QED) is 0.0211. The van der Waals surface area contributed by atoms with Crippen molar-refractivity contribution >= 4 is 17.9 Å². The topological polar surface area (TPSA) is 108 Å². The fraction of sp³-hybridized carbons (Fsp3) is 0.698. The Morgan fingerprint density at radius 2 is 0.792 bits per heavy atom. The molecule has 0 heterocycles. The smallest absolute Gasteiger partial charge is 0.361 e. The van der Waals surface area contributed by atoms with E-state index in [-0.39, 0.29) is 38.6 Å². The summed E-state index contributed by atoms with van der Waals surface area (Å²) < 4.78 is 22.8. The van der Waals surface area contributed by atoms with E-state index in [0.29, 0.717) is 17.4 Å². The molecule has 0 aromatic rings. The standard InChI is InChI=1S/C63H107NO8/c1-6-8-10-12-14-16-18-20-22-23-24-25-26-27-28-29-30-31-32-33-34-35-36-37-38-39-40-42-44-46-48-50-52-54-61(66)72-59(58-71-63(62(67)68)69-56-55-64(3,4)5)57-70-60(65)53-51-49-47-45-43-41-21-19-17-15-13-11-9-7-2/h8,10,14,16,19-22,24-25,27-28,30-31,33-34,59,63H,6-7,9,11-13,15,17-18,23,26,29,32,35-58H2,1-5H3/p+1/b10-8-,16-14-,21-19-,22-20-,25-24-,28-27-,31-30-,34-33-. The molecule has 2 unspecified atom stereocenters. The zero-order valence-electron chi connectivity index (χ0n) is 46.8. The summed E-state index contributed by atoms with van der Waals surface area (Å²) in [6.45, 7) is 4.73. The Bertz CT molecular complexity index is 1500. The van der Waals surface area contributed by atoms with E-state index in [1.807, 2.05) is 21.1 Å². The highest BCUT2D eigenvalue weighted by molar-refractivity contribution is 5.71. The normalized spacial score (nSPS) is 13.5. The molecule has 2 atom stereocenters. The summed E-state index contributed by atoms with van der Waals surface area (Å²) in [5.41, 5.74) is 0. The van der Waals surface area contributed by atoms with Gasteiger partial charge in [-0.05, 0) is 96.3 Å². The van der Waals surface area contributed by atoms with Crippen LogP contribution < -0.4 is 0 Å². The number of carbonyl (C=O) groups is 3. The molecule has 9 heteroatoms. The maximum Gasteiger partial charge on any atom is 0.361 e. The molecule has 1 N–H and O–H groups in total. The van der Waals surface area contributed by atoms with Gasteiger partial charge in [-0.1, -0.05) is 214 Å². The second-order valence-corrected chi connectivity index (χ2v) is 20.2. The fourth-order valence-electron chi connectivity index (χ4n) is 7.63. The molecule has 0 aliphatic rings. The predicted molar refractivity (Wildman–Crippen MR) is 304 cm³/mol. The largest absolute Gasteiger partial charge is 0.477 e. The lowest BCUT2D eigenvalue weighted by atomic mass is 10.0. The summed E-state index contributed by atoms with van der Waals surface area (Å²) in [6.07, 6.45) is 69.1. The monoisotopic (exact) mass is 1010 g/mol. The zero-order valence-corrected chi connectivity index (χ0v) is 46.8. The Labute approximate surface area is 442 Å². The lowest BCUT2D eigenvalue weighted by Gasteiger charge is -2.25. The number of ether oxygens (including phenoxy) is 4. The van der Waals surface area contributed by atoms with E-state index in [2.05, 4.69) is 111 Å². The van der Waals surface area contributed by atoms with Crippen LogP contribution in [0.4, 0.5) is 0 Å². The molecule has 0 rings (SSSR count). The molecular formula is C63H108NO8+. The molecular weight excluding hydrogens is 899 g/mol. The third-order valence-electron chi connectivity index (χ3n) is 12.1. The maximum atomic E-state index is 12.9. The summed E-state index contributed by atoms with van der Waals surface area (Å²) in [5.74, 6) is -2.03. The number of esters is 2. The third-order valence-corrected chi connectivity index (χ3v) is 12.1. The highest BCUT2D eigenvalue weighted by atomic mass is 16.7. The van der Waals surface area contributed by atoms with Crippen molar-refractivity contribution in [3.8, 4) is 0 Å². The van der Waals surface area contributed by atoms with Crippen LogP contribution in [-0.4, -0.2) is 87.4 Å². The average Bonchev–Trinajstić information content (AvgIpc) is 3.35. The minimum Gasteiger partial charge on any atom is -0.477 e. The second kappa shape index (κ2) is 53.5. The second-order valence-electron chi connectivity index (χ2n) is 20.2. The van der Waals surface area contributed by atoms with E-state index in [4.69, 9.17) is 18.9 Å². The molecule has 0 aromatic carbocycles. The van der Waals surface area contributed by atoms with E-state index >= 15 is 0 Å². The highest BCUT2D eigenvalue weighted by Gasteiger charge is 2.25. The number of hydrogen-bond acceptors (Lipinski definition) is 7. The number of likely N-dealkylation sites (N-methyl/N-ethyl adjacent to an activating group) is 1. The number of carbonyl (C=O) groups excluding carboxylic acids is 2. The van der Waals surface area contributed by atoms with Gasteiger partial charge >= 0.3 is 17.9 Å². The first kappa shape index (κ1) is 68.2. The van der Waals surface area contributed by atoms with Crippen LogP contribution in [0.1, 0.15) is 226 Å². The Balaban J connectivity index is 4.20. The number of rotatable bonds is 52. The first-order valence-electron chi connectivity index (χ1n) is 28.9. The van der Waals surface area contributed by atoms with Crippen molar-refractivity contribution in [2.45, 2.75) is 238 Å². The Hall–Kier alpha value is -3.79. The molecule has 0 saturated carbocycles. The number of carboxylic acid groups (broad SMARTS) is 1. The number of carboxylic acids is 1. The molecule has 72 heavy (non-hydrogen) atoms. The molecule has 412 valence electrons. The zero-order chi connectivity index (χ0) is 52.7. The maximum absolute atomic E-state index is 12.9. The van der Waals surface area contributed by atoms with Crippen molar-refractivity contribution in [3.63, 3.8) is 0 Å². The van der Waals surface area contributed by atoms with E-state index in [0.717, 1.165) is 109 Å². The number of allylic oxidation sites excluding steroid dienone is 16. The Kier molecular flexibility index (Phi) is 50.7. The molecule has 0 amide bonds. The molecule has 0 aromatic heterocycles. The average molecular weight is 1010 g/mol. The lowest BCUT2D eigenvalue weighted by Crippen LogP contribution is -2.40. The summed E-state index contributed by atoms with van der Waals surface area (Å²) in [5, 5.41) is 9.69. The van der Waals surface area contributed by atoms with Crippen LogP contribution >= 0.6 is 0 Å². The molecule has 0 aliphatic heterocycles. The number of aliphatic carboxylic acids is 1. The first-order chi connectivity index (χ1) is 35.1. The van der Waals surface area contributed by atoms with Crippen molar-refractivity contribution < 1.29 is 42.9 Å². The number of nitrogens with zero attached hydrogens (tertiary/aromatic N) is 1. The Morgan fingerprint density at radius 1 is 0.431 bits per heavy atom. The summed E-state index contributed by atoms with van der Waals surface area (Å²) in [6, 6.07) is 0. The van der Waals surface area contributed by atoms with Crippen molar-refractivity contribution in [2.24, 2.45) is 0 Å². The molecule has 9 nitrogen and oxygen atoms in total. The van der Waals surface area contributed by atoms with Crippen molar-refractivity contribution in [1.29, 1.82) is 0 Å². The molecule has 0 bridgehead atoms. The van der Waals surface area contributed by atoms with Crippen LogP contribution in [0.25, 0.3) is 0 Å². The number of unbranched alkanes of at least 4 members (excludes halogenated alkanes) is 21. The van der Waals surface area contributed by atoms with Crippen molar-refractivity contribution in [1.82, 2.24) is 0 Å². The minimum atomic E-state index is -1.52. The van der Waals surface area contributed by atoms with E-state index in [9.17, 15) is 19.5 Å². The highest BCUT2D eigenvalue weighted by Crippen LogP contribution is 2.15. The Morgan fingerprint density at radius 3 is 1.19 bits per heavy atom. The minimum absolute atomic E-state index is 0.182. The molecule has 0 fully saturated rings. The summed E-state index contributed by atoms with van der Waals surface area (Å²) in [7, 11) is 5.96. The van der Waals surface area contributed by atoms with E-state index < -0.39 is 24.3 Å². The SMILES string of the molecule is CC/C=C\C/C=C\C/C=C\C/C=C\C/C=C\C/C=C\C/C=C\CCCCCCCCCCCCCC(=O)OC(COC(=O)CCCCCCC/C=C\CCCCCCC)COC(OCC[N+](C)(C)C)C(=O)O.